The highest BCUT2D eigenvalue weighted by Gasteiger charge is 2.26. The number of hydrogen-bond donors (Lipinski definition) is 0. The highest BCUT2D eigenvalue weighted by atomic mass is 79.9. The van der Waals surface area contributed by atoms with Gasteiger partial charge in [0.15, 0.2) is 0 Å². The van der Waals surface area contributed by atoms with Crippen molar-refractivity contribution in [3.8, 4) is 0 Å². The molecule has 0 aliphatic rings. The number of thiophene rings is 1. The van der Waals surface area contributed by atoms with Crippen molar-refractivity contribution in [2.24, 2.45) is 0 Å². The molecule has 0 saturated heterocycles. The van der Waals surface area contributed by atoms with Crippen molar-refractivity contribution in [1.29, 1.82) is 0 Å². The van der Waals surface area contributed by atoms with Gasteiger partial charge in [-0.3, -0.25) is 4.57 Å². The first-order chi connectivity index (χ1) is 7.50. The van der Waals surface area contributed by atoms with Gasteiger partial charge in [-0.25, -0.2) is 0 Å². The predicted molar refractivity (Wildman–Crippen MR) is 74.3 cm³/mol. The Hall–Kier alpha value is 0.810. The molecule has 0 fully saturated rings. The summed E-state index contributed by atoms with van der Waals surface area (Å²) in [5, 5.41) is 0. The van der Waals surface area contributed by atoms with Crippen LogP contribution < -0.4 is 0 Å². The minimum Gasteiger partial charge on any atom is -0.309 e. The van der Waals surface area contributed by atoms with Crippen LogP contribution >= 0.6 is 50.8 Å². The summed E-state index contributed by atoms with van der Waals surface area (Å²) in [4.78, 5) is 0. The summed E-state index contributed by atoms with van der Waals surface area (Å²) < 4.78 is 24.7. The molecule has 0 spiro atoms. The fourth-order valence-corrected chi connectivity index (χ4v) is 6.07. The van der Waals surface area contributed by atoms with E-state index < -0.39 is 7.60 Å². The third-order valence-corrected chi connectivity index (χ3v) is 6.24. The quantitative estimate of drug-likeness (QED) is 0.637. The molecule has 0 aliphatic heterocycles. The van der Waals surface area contributed by atoms with Crippen LogP contribution in [0.4, 0.5) is 0 Å². The molecule has 0 unspecified atom stereocenters. The van der Waals surface area contributed by atoms with E-state index in [2.05, 4.69) is 31.9 Å². The molecule has 3 nitrogen and oxygen atoms in total. The minimum atomic E-state index is -3.00. The van der Waals surface area contributed by atoms with Crippen LogP contribution in [0.25, 0.3) is 0 Å². The third kappa shape index (κ3) is 4.24. The smallest absolute Gasteiger partial charge is 0.309 e. The first kappa shape index (κ1) is 14.9. The van der Waals surface area contributed by atoms with Crippen LogP contribution in [-0.2, 0) is 19.8 Å². The highest BCUT2D eigenvalue weighted by Crippen LogP contribution is 2.53. The van der Waals surface area contributed by atoms with Crippen molar-refractivity contribution >= 4 is 50.8 Å². The maximum Gasteiger partial charge on any atom is 0.335 e. The fourth-order valence-electron chi connectivity index (χ4n) is 1.21. The largest absolute Gasteiger partial charge is 0.335 e. The third-order valence-electron chi connectivity index (χ3n) is 1.74. The molecule has 1 heterocycles. The normalized spacial score (nSPS) is 12.0. The van der Waals surface area contributed by atoms with Gasteiger partial charge in [-0.1, -0.05) is 0 Å². The number of rotatable bonds is 6. The van der Waals surface area contributed by atoms with E-state index in [1.165, 1.54) is 0 Å². The van der Waals surface area contributed by atoms with Crippen molar-refractivity contribution in [1.82, 2.24) is 0 Å². The van der Waals surface area contributed by atoms with Gasteiger partial charge >= 0.3 is 7.60 Å². The molecule has 92 valence electrons. The predicted octanol–water partition coefficient (Wildman–Crippen LogP) is 5.04. The van der Waals surface area contributed by atoms with Crippen molar-refractivity contribution in [3.63, 3.8) is 0 Å². The van der Waals surface area contributed by atoms with E-state index in [9.17, 15) is 4.57 Å². The van der Waals surface area contributed by atoms with Gasteiger partial charge < -0.3 is 9.05 Å². The molecule has 0 atom stereocenters. The lowest BCUT2D eigenvalue weighted by atomic mass is 10.4. The lowest BCUT2D eigenvalue weighted by Crippen LogP contribution is -1.98. The van der Waals surface area contributed by atoms with Gasteiger partial charge in [0.2, 0.25) is 0 Å². The average Bonchev–Trinajstić information content (AvgIpc) is 2.45. The van der Waals surface area contributed by atoms with Gasteiger partial charge in [-0.15, -0.1) is 11.3 Å². The average molecular weight is 392 g/mol. The monoisotopic (exact) mass is 390 g/mol. The first-order valence-corrected chi connectivity index (χ1v) is 8.95. The Balaban J connectivity index is 2.83. The molecule has 1 rings (SSSR count). The summed E-state index contributed by atoms with van der Waals surface area (Å²) in [5.41, 5.74) is 0.946. The van der Waals surface area contributed by atoms with Crippen molar-refractivity contribution in [2.75, 3.05) is 13.2 Å². The van der Waals surface area contributed by atoms with E-state index in [0.29, 0.717) is 19.4 Å². The van der Waals surface area contributed by atoms with Gasteiger partial charge in [0, 0.05) is 0 Å². The van der Waals surface area contributed by atoms with E-state index in [4.69, 9.17) is 9.05 Å². The number of hydrogen-bond acceptors (Lipinski definition) is 4. The molecular formula is C9H13Br2O3PS. The molecule has 0 saturated carbocycles. The van der Waals surface area contributed by atoms with Crippen LogP contribution in [0.5, 0.6) is 0 Å². The molecule has 1 aromatic heterocycles. The summed E-state index contributed by atoms with van der Waals surface area (Å²) in [6, 6.07) is 1.93. The zero-order valence-corrected chi connectivity index (χ0v) is 13.9. The second-order valence-corrected chi connectivity index (χ2v) is 8.76. The van der Waals surface area contributed by atoms with Crippen LogP contribution in [0.1, 0.15) is 19.4 Å². The van der Waals surface area contributed by atoms with E-state index in [-0.39, 0.29) is 0 Å². The summed E-state index contributed by atoms with van der Waals surface area (Å²) in [6.45, 7) is 4.40. The van der Waals surface area contributed by atoms with Crippen LogP contribution in [0, 0.1) is 0 Å². The Bertz CT molecular complexity index is 384. The van der Waals surface area contributed by atoms with Crippen LogP contribution in [0.3, 0.4) is 0 Å². The zero-order valence-electron chi connectivity index (χ0n) is 9.03. The summed E-state index contributed by atoms with van der Waals surface area (Å²) in [7, 11) is -3.00. The Morgan fingerprint density at radius 2 is 1.88 bits per heavy atom. The SMILES string of the molecule is CCOP(=O)(Cc1cc(Br)sc1Br)OCC. The van der Waals surface area contributed by atoms with Crippen molar-refractivity contribution < 1.29 is 13.6 Å². The Morgan fingerprint density at radius 3 is 2.25 bits per heavy atom. The van der Waals surface area contributed by atoms with Gasteiger partial charge in [0.25, 0.3) is 0 Å². The topological polar surface area (TPSA) is 35.5 Å². The summed E-state index contributed by atoms with van der Waals surface area (Å²) in [6.07, 6.45) is 0.303. The molecule has 0 N–H and O–H groups in total. The lowest BCUT2D eigenvalue weighted by Gasteiger charge is -2.16. The Morgan fingerprint density at radius 1 is 1.31 bits per heavy atom. The van der Waals surface area contributed by atoms with E-state index in [0.717, 1.165) is 13.1 Å². The number of halogens is 2. The summed E-state index contributed by atoms with van der Waals surface area (Å²) >= 11 is 8.36. The van der Waals surface area contributed by atoms with E-state index in [1.807, 2.05) is 19.9 Å². The lowest BCUT2D eigenvalue weighted by molar-refractivity contribution is 0.219. The molecule has 0 aliphatic carbocycles. The maximum absolute atomic E-state index is 12.3. The first-order valence-electron chi connectivity index (χ1n) is 4.82. The van der Waals surface area contributed by atoms with E-state index in [1.54, 1.807) is 11.3 Å². The molecule has 0 aromatic carbocycles. The molecule has 1 aromatic rings. The van der Waals surface area contributed by atoms with Crippen LogP contribution in [0.2, 0.25) is 0 Å². The summed E-state index contributed by atoms with van der Waals surface area (Å²) in [5.74, 6) is 0. The van der Waals surface area contributed by atoms with Gasteiger partial charge in [-0.05, 0) is 57.3 Å². The molecule has 0 bridgehead atoms. The molecule has 16 heavy (non-hydrogen) atoms. The van der Waals surface area contributed by atoms with E-state index >= 15 is 0 Å². The standard InChI is InChI=1S/C9H13Br2O3PS/c1-3-13-15(12,14-4-2)6-7-5-8(10)16-9(7)11/h5H,3-4,6H2,1-2H3. The van der Waals surface area contributed by atoms with Crippen LogP contribution in [-0.4, -0.2) is 13.2 Å². The minimum absolute atomic E-state index is 0.303. The Kier molecular flexibility index (Phi) is 6.19. The second kappa shape index (κ2) is 6.66. The van der Waals surface area contributed by atoms with Gasteiger partial charge in [0.1, 0.15) is 0 Å². The molecular weight excluding hydrogens is 379 g/mol. The Labute approximate surface area is 116 Å². The molecule has 7 heteroatoms. The van der Waals surface area contributed by atoms with Crippen molar-refractivity contribution in [2.45, 2.75) is 20.0 Å². The molecule has 0 radical (unpaired) electrons. The zero-order chi connectivity index (χ0) is 12.2. The van der Waals surface area contributed by atoms with Crippen LogP contribution in [0.15, 0.2) is 13.6 Å². The fraction of sp³-hybridized carbons (Fsp3) is 0.556. The molecule has 0 amide bonds. The van der Waals surface area contributed by atoms with Gasteiger partial charge in [0.05, 0.1) is 26.9 Å². The second-order valence-electron chi connectivity index (χ2n) is 2.95. The van der Waals surface area contributed by atoms with Gasteiger partial charge in [-0.2, -0.15) is 0 Å². The maximum atomic E-state index is 12.3. The van der Waals surface area contributed by atoms with Crippen molar-refractivity contribution in [3.05, 3.63) is 19.2 Å². The highest BCUT2D eigenvalue weighted by molar-refractivity contribution is 9.12.